The standard InChI is InChI=1S/C11H18FNO2/c1-11(6-15-7-11)10(14)13-9-4-2-3-8(12)5-9/h8-9H,2-7H2,1H3,(H,13,14)/t8-,9-/m0/s1. The Labute approximate surface area is 89.4 Å². The van der Waals surface area contributed by atoms with Crippen LogP contribution in [0.2, 0.25) is 0 Å². The van der Waals surface area contributed by atoms with E-state index in [0.717, 1.165) is 12.8 Å². The number of alkyl halides is 1. The topological polar surface area (TPSA) is 38.3 Å². The Kier molecular flexibility index (Phi) is 2.96. The smallest absolute Gasteiger partial charge is 0.230 e. The van der Waals surface area contributed by atoms with Gasteiger partial charge in [0, 0.05) is 6.04 Å². The van der Waals surface area contributed by atoms with Gasteiger partial charge in [-0.1, -0.05) is 0 Å². The first-order valence-corrected chi connectivity index (χ1v) is 5.63. The fourth-order valence-electron chi connectivity index (χ4n) is 2.16. The lowest BCUT2D eigenvalue weighted by Gasteiger charge is -2.38. The summed E-state index contributed by atoms with van der Waals surface area (Å²) in [5.41, 5.74) is -0.372. The molecule has 86 valence electrons. The molecule has 1 saturated heterocycles. The fourth-order valence-corrected chi connectivity index (χ4v) is 2.16. The van der Waals surface area contributed by atoms with E-state index in [1.807, 2.05) is 6.92 Å². The van der Waals surface area contributed by atoms with Gasteiger partial charge in [-0.15, -0.1) is 0 Å². The van der Waals surface area contributed by atoms with Crippen molar-refractivity contribution in [2.45, 2.75) is 44.8 Å². The maximum atomic E-state index is 13.1. The Hall–Kier alpha value is -0.640. The van der Waals surface area contributed by atoms with Crippen LogP contribution in [0.15, 0.2) is 0 Å². The number of hydrogen-bond donors (Lipinski definition) is 1. The third-order valence-electron chi connectivity index (χ3n) is 3.33. The Bertz CT molecular complexity index is 253. The van der Waals surface area contributed by atoms with Crippen molar-refractivity contribution in [1.82, 2.24) is 5.32 Å². The summed E-state index contributed by atoms with van der Waals surface area (Å²) in [5.74, 6) is 0.0212. The number of carbonyl (C=O) groups excluding carboxylic acids is 1. The second-order valence-electron chi connectivity index (χ2n) is 4.99. The van der Waals surface area contributed by atoms with E-state index in [0.29, 0.717) is 26.1 Å². The van der Waals surface area contributed by atoms with Crippen LogP contribution in [0, 0.1) is 5.41 Å². The molecule has 0 bridgehead atoms. The van der Waals surface area contributed by atoms with Gasteiger partial charge in [-0.05, 0) is 32.6 Å². The molecule has 1 aliphatic heterocycles. The van der Waals surface area contributed by atoms with Crippen LogP contribution in [0.25, 0.3) is 0 Å². The minimum Gasteiger partial charge on any atom is -0.379 e. The van der Waals surface area contributed by atoms with Gasteiger partial charge in [0.05, 0.1) is 18.6 Å². The molecule has 15 heavy (non-hydrogen) atoms. The number of rotatable bonds is 2. The summed E-state index contributed by atoms with van der Waals surface area (Å²) >= 11 is 0. The highest BCUT2D eigenvalue weighted by Gasteiger charge is 2.42. The molecule has 0 aromatic heterocycles. The van der Waals surface area contributed by atoms with Crippen molar-refractivity contribution in [3.8, 4) is 0 Å². The molecule has 4 heteroatoms. The largest absolute Gasteiger partial charge is 0.379 e. The van der Waals surface area contributed by atoms with E-state index < -0.39 is 6.17 Å². The minimum absolute atomic E-state index is 0.0212. The maximum absolute atomic E-state index is 13.1. The molecule has 1 N–H and O–H groups in total. The SMILES string of the molecule is CC1(C(=O)N[C@H]2CCC[C@H](F)C2)COC1. The number of hydrogen-bond acceptors (Lipinski definition) is 2. The molecule has 1 aliphatic carbocycles. The summed E-state index contributed by atoms with van der Waals surface area (Å²) in [6.45, 7) is 2.87. The molecule has 1 saturated carbocycles. The number of nitrogens with one attached hydrogen (secondary N) is 1. The van der Waals surface area contributed by atoms with E-state index in [9.17, 15) is 9.18 Å². The van der Waals surface area contributed by atoms with Crippen LogP contribution in [0.5, 0.6) is 0 Å². The van der Waals surface area contributed by atoms with Crippen molar-refractivity contribution in [3.05, 3.63) is 0 Å². The number of carbonyl (C=O) groups is 1. The Balaban J connectivity index is 1.83. The first-order valence-electron chi connectivity index (χ1n) is 5.63. The molecule has 0 aromatic rings. The summed E-state index contributed by atoms with van der Waals surface area (Å²) in [4.78, 5) is 11.8. The summed E-state index contributed by atoms with van der Waals surface area (Å²) < 4.78 is 18.1. The number of amides is 1. The van der Waals surface area contributed by atoms with E-state index in [1.165, 1.54) is 0 Å². The summed E-state index contributed by atoms with van der Waals surface area (Å²) in [7, 11) is 0. The molecule has 2 rings (SSSR count). The van der Waals surface area contributed by atoms with Crippen LogP contribution >= 0.6 is 0 Å². The van der Waals surface area contributed by atoms with Gasteiger partial charge in [-0.2, -0.15) is 0 Å². The zero-order valence-corrected chi connectivity index (χ0v) is 9.09. The summed E-state index contributed by atoms with van der Waals surface area (Å²) in [5, 5.41) is 2.93. The fraction of sp³-hybridized carbons (Fsp3) is 0.909. The summed E-state index contributed by atoms with van der Waals surface area (Å²) in [6.07, 6.45) is 2.16. The lowest BCUT2D eigenvalue weighted by Crippen LogP contribution is -2.54. The zero-order valence-electron chi connectivity index (χ0n) is 9.09. The number of halogens is 1. The average molecular weight is 215 g/mol. The van der Waals surface area contributed by atoms with Gasteiger partial charge < -0.3 is 10.1 Å². The Morgan fingerprint density at radius 2 is 2.20 bits per heavy atom. The molecule has 0 unspecified atom stereocenters. The first-order chi connectivity index (χ1) is 7.10. The molecule has 2 fully saturated rings. The van der Waals surface area contributed by atoms with Crippen LogP contribution in [-0.2, 0) is 9.53 Å². The second kappa shape index (κ2) is 4.08. The third kappa shape index (κ3) is 2.30. The van der Waals surface area contributed by atoms with Crippen LogP contribution in [0.4, 0.5) is 4.39 Å². The molecule has 1 amide bonds. The van der Waals surface area contributed by atoms with E-state index in [1.54, 1.807) is 0 Å². The highest BCUT2D eigenvalue weighted by molar-refractivity contribution is 5.83. The van der Waals surface area contributed by atoms with Gasteiger partial charge in [0.25, 0.3) is 0 Å². The van der Waals surface area contributed by atoms with Crippen molar-refractivity contribution >= 4 is 5.91 Å². The van der Waals surface area contributed by atoms with Crippen LogP contribution in [0.1, 0.15) is 32.6 Å². The van der Waals surface area contributed by atoms with Crippen molar-refractivity contribution in [2.24, 2.45) is 5.41 Å². The molecule has 0 aromatic carbocycles. The first kappa shape index (κ1) is 10.9. The highest BCUT2D eigenvalue weighted by Crippen LogP contribution is 2.28. The molecule has 1 heterocycles. The highest BCUT2D eigenvalue weighted by atomic mass is 19.1. The minimum atomic E-state index is -0.741. The van der Waals surface area contributed by atoms with Crippen molar-refractivity contribution < 1.29 is 13.9 Å². The van der Waals surface area contributed by atoms with Gasteiger partial charge in [-0.3, -0.25) is 4.79 Å². The van der Waals surface area contributed by atoms with Gasteiger partial charge >= 0.3 is 0 Å². The predicted molar refractivity (Wildman–Crippen MR) is 54.2 cm³/mol. The van der Waals surface area contributed by atoms with Crippen LogP contribution in [0.3, 0.4) is 0 Å². The van der Waals surface area contributed by atoms with E-state index in [-0.39, 0.29) is 17.4 Å². The van der Waals surface area contributed by atoms with Gasteiger partial charge in [0.2, 0.25) is 5.91 Å². The van der Waals surface area contributed by atoms with E-state index in [2.05, 4.69) is 5.32 Å². The lowest BCUT2D eigenvalue weighted by atomic mass is 9.86. The molecule has 0 radical (unpaired) electrons. The monoisotopic (exact) mass is 215 g/mol. The molecule has 3 nitrogen and oxygen atoms in total. The molecule has 2 aliphatic rings. The Morgan fingerprint density at radius 1 is 1.47 bits per heavy atom. The molecule has 0 spiro atoms. The quantitative estimate of drug-likeness (QED) is 0.756. The zero-order chi connectivity index (χ0) is 10.9. The predicted octanol–water partition coefficient (Wildman–Crippen LogP) is 1.42. The second-order valence-corrected chi connectivity index (χ2v) is 4.99. The summed E-state index contributed by atoms with van der Waals surface area (Å²) in [6, 6.07) is 0.0266. The Morgan fingerprint density at radius 3 is 2.73 bits per heavy atom. The lowest BCUT2D eigenvalue weighted by molar-refractivity contribution is -0.158. The maximum Gasteiger partial charge on any atom is 0.230 e. The molecule has 2 atom stereocenters. The number of ether oxygens (including phenoxy) is 1. The van der Waals surface area contributed by atoms with Crippen molar-refractivity contribution in [3.63, 3.8) is 0 Å². The van der Waals surface area contributed by atoms with Gasteiger partial charge in [0.1, 0.15) is 6.17 Å². The third-order valence-corrected chi connectivity index (χ3v) is 3.33. The van der Waals surface area contributed by atoms with E-state index in [4.69, 9.17) is 4.74 Å². The van der Waals surface area contributed by atoms with Gasteiger partial charge in [0.15, 0.2) is 0 Å². The van der Waals surface area contributed by atoms with Crippen molar-refractivity contribution in [2.75, 3.05) is 13.2 Å². The van der Waals surface area contributed by atoms with E-state index >= 15 is 0 Å². The molecular formula is C11H18FNO2. The van der Waals surface area contributed by atoms with Gasteiger partial charge in [-0.25, -0.2) is 4.39 Å². The van der Waals surface area contributed by atoms with Crippen LogP contribution in [-0.4, -0.2) is 31.3 Å². The molecular weight excluding hydrogens is 197 g/mol. The average Bonchev–Trinajstić information content (AvgIpc) is 2.14. The van der Waals surface area contributed by atoms with Crippen molar-refractivity contribution in [1.29, 1.82) is 0 Å². The normalized spacial score (nSPS) is 34.3. The van der Waals surface area contributed by atoms with Crippen LogP contribution < -0.4 is 5.32 Å².